The molecule has 1 aromatic heterocycles. The van der Waals surface area contributed by atoms with Crippen molar-refractivity contribution < 1.29 is 23.0 Å². The molecule has 1 aromatic carbocycles. The topological polar surface area (TPSA) is 66.9 Å². The first-order valence-corrected chi connectivity index (χ1v) is 12.5. The van der Waals surface area contributed by atoms with Gasteiger partial charge in [0.2, 0.25) is 5.91 Å². The number of benzene rings is 1. The Bertz CT molecular complexity index is 1100. The number of carbonyl (C=O) groups is 1. The largest absolute Gasteiger partial charge is 0.378 e. The fourth-order valence-corrected chi connectivity index (χ4v) is 5.36. The molecule has 1 N–H and O–H groups in total. The van der Waals surface area contributed by atoms with E-state index in [4.69, 9.17) is 9.47 Å². The maximum atomic E-state index is 13.9. The van der Waals surface area contributed by atoms with Crippen LogP contribution < -0.4 is 15.1 Å². The summed E-state index contributed by atoms with van der Waals surface area (Å²) in [6, 6.07) is 10.1. The lowest BCUT2D eigenvalue weighted by Gasteiger charge is -2.33. The zero-order chi connectivity index (χ0) is 24.0. The molecular weight excluding hydrogens is 454 g/mol. The van der Waals surface area contributed by atoms with Crippen LogP contribution in [0.2, 0.25) is 0 Å². The minimum Gasteiger partial charge on any atom is -0.378 e. The highest BCUT2D eigenvalue weighted by Crippen LogP contribution is 2.46. The minimum absolute atomic E-state index is 0.0686. The quantitative estimate of drug-likeness (QED) is 0.690. The summed E-state index contributed by atoms with van der Waals surface area (Å²) < 4.78 is 37.6. The maximum Gasteiger partial charge on any atom is 0.276 e. The number of hydrogen-bond acceptors (Lipinski definition) is 6. The Morgan fingerprint density at radius 3 is 2.66 bits per heavy atom. The standard InChI is InChI=1S/C26H30F2N4O3/c27-26(28)15-23(26)35-20-6-3-17(4-7-20)25(33)32-16-18-2-1-9-29-24(18)30-21-8-5-19(14-22(21)32)31-10-12-34-13-11-31/h1-2,5,8-9,14,17,20,23H,3-4,6-7,10-13,15-16H2,(H,29,30)/t17-,20+,23-/m0/s1. The maximum absolute atomic E-state index is 13.9. The second-order valence-corrected chi connectivity index (χ2v) is 9.92. The van der Waals surface area contributed by atoms with Gasteiger partial charge in [-0.05, 0) is 49.9 Å². The molecule has 4 aliphatic rings. The van der Waals surface area contributed by atoms with Gasteiger partial charge in [0.05, 0.1) is 37.2 Å². The summed E-state index contributed by atoms with van der Waals surface area (Å²) in [5.41, 5.74) is 3.71. The third-order valence-electron chi connectivity index (χ3n) is 7.54. The number of pyridine rings is 1. The number of alkyl halides is 2. The van der Waals surface area contributed by atoms with Crippen LogP contribution in [0.1, 0.15) is 37.7 Å². The minimum atomic E-state index is -2.67. The third-order valence-corrected chi connectivity index (χ3v) is 7.54. The number of halogens is 2. The molecule has 0 spiro atoms. The summed E-state index contributed by atoms with van der Waals surface area (Å²) in [5, 5.41) is 3.42. The van der Waals surface area contributed by atoms with Crippen molar-refractivity contribution in [3.05, 3.63) is 42.1 Å². The van der Waals surface area contributed by atoms with Crippen LogP contribution in [0.15, 0.2) is 36.5 Å². The highest BCUT2D eigenvalue weighted by molar-refractivity contribution is 6.00. The van der Waals surface area contributed by atoms with Crippen molar-refractivity contribution in [2.24, 2.45) is 5.92 Å². The molecule has 1 saturated heterocycles. The third kappa shape index (κ3) is 4.59. The van der Waals surface area contributed by atoms with E-state index in [9.17, 15) is 13.6 Å². The van der Waals surface area contributed by atoms with E-state index in [1.807, 2.05) is 23.1 Å². The van der Waals surface area contributed by atoms with Crippen molar-refractivity contribution in [2.75, 3.05) is 41.4 Å². The van der Waals surface area contributed by atoms with Gasteiger partial charge in [0.25, 0.3) is 5.92 Å². The molecular formula is C26H30F2N4O3. The molecule has 2 saturated carbocycles. The number of aromatic nitrogens is 1. The predicted molar refractivity (Wildman–Crippen MR) is 128 cm³/mol. The number of nitrogens with zero attached hydrogens (tertiary/aromatic N) is 3. The van der Waals surface area contributed by atoms with Crippen LogP contribution in [0.3, 0.4) is 0 Å². The fourth-order valence-electron chi connectivity index (χ4n) is 5.36. The second-order valence-electron chi connectivity index (χ2n) is 9.92. The summed E-state index contributed by atoms with van der Waals surface area (Å²) in [4.78, 5) is 22.5. The first-order valence-electron chi connectivity index (χ1n) is 12.5. The molecule has 6 rings (SSSR count). The van der Waals surface area contributed by atoms with E-state index in [-0.39, 0.29) is 24.3 Å². The summed E-state index contributed by atoms with van der Waals surface area (Å²) in [6.07, 6.45) is 2.99. The van der Waals surface area contributed by atoms with Crippen LogP contribution in [0.4, 0.5) is 31.7 Å². The van der Waals surface area contributed by atoms with Gasteiger partial charge in [-0.15, -0.1) is 0 Å². The molecule has 2 aliphatic carbocycles. The van der Waals surface area contributed by atoms with Gasteiger partial charge in [-0.2, -0.15) is 0 Å². The molecule has 35 heavy (non-hydrogen) atoms. The smallest absolute Gasteiger partial charge is 0.276 e. The Hall–Kier alpha value is -2.78. The van der Waals surface area contributed by atoms with Gasteiger partial charge in [-0.3, -0.25) is 4.79 Å². The Morgan fingerprint density at radius 1 is 1.14 bits per heavy atom. The number of nitrogens with one attached hydrogen (secondary N) is 1. The summed E-state index contributed by atoms with van der Waals surface area (Å²) >= 11 is 0. The normalized spacial score (nSPS) is 27.3. The monoisotopic (exact) mass is 484 g/mol. The van der Waals surface area contributed by atoms with Gasteiger partial charge in [-0.1, -0.05) is 6.07 Å². The van der Waals surface area contributed by atoms with Crippen LogP contribution in [0, 0.1) is 5.92 Å². The lowest BCUT2D eigenvalue weighted by molar-refractivity contribution is -0.125. The first kappa shape index (κ1) is 22.7. The van der Waals surface area contributed by atoms with Gasteiger partial charge in [-0.25, -0.2) is 13.8 Å². The van der Waals surface area contributed by atoms with E-state index in [2.05, 4.69) is 27.3 Å². The van der Waals surface area contributed by atoms with Crippen LogP contribution in [0.25, 0.3) is 0 Å². The van der Waals surface area contributed by atoms with Crippen molar-refractivity contribution in [3.8, 4) is 0 Å². The van der Waals surface area contributed by atoms with Crippen molar-refractivity contribution in [1.29, 1.82) is 0 Å². The molecule has 1 amide bonds. The molecule has 3 fully saturated rings. The average Bonchev–Trinajstić information content (AvgIpc) is 3.53. The molecule has 2 aliphatic heterocycles. The molecule has 0 unspecified atom stereocenters. The van der Waals surface area contributed by atoms with E-state index in [0.29, 0.717) is 45.4 Å². The number of fused-ring (bicyclic) bond motifs is 2. The molecule has 7 nitrogen and oxygen atoms in total. The Kier molecular flexibility index (Phi) is 5.84. The lowest BCUT2D eigenvalue weighted by atomic mass is 9.86. The van der Waals surface area contributed by atoms with Gasteiger partial charge >= 0.3 is 0 Å². The lowest BCUT2D eigenvalue weighted by Crippen LogP contribution is -2.39. The van der Waals surface area contributed by atoms with Gasteiger partial charge in [0.1, 0.15) is 11.9 Å². The number of hydrogen-bond donors (Lipinski definition) is 1. The summed E-state index contributed by atoms with van der Waals surface area (Å²) in [7, 11) is 0. The summed E-state index contributed by atoms with van der Waals surface area (Å²) in [6.45, 7) is 3.42. The highest BCUT2D eigenvalue weighted by atomic mass is 19.3. The molecule has 1 atom stereocenters. The molecule has 0 radical (unpaired) electrons. The zero-order valence-corrected chi connectivity index (χ0v) is 19.6. The number of rotatable bonds is 4. The number of ether oxygens (including phenoxy) is 2. The Labute approximate surface area is 203 Å². The fraction of sp³-hybridized carbons (Fsp3) is 0.538. The van der Waals surface area contributed by atoms with Crippen molar-refractivity contribution >= 4 is 28.8 Å². The second kappa shape index (κ2) is 9.02. The van der Waals surface area contributed by atoms with Crippen molar-refractivity contribution in [2.45, 2.75) is 56.8 Å². The van der Waals surface area contributed by atoms with E-state index in [1.54, 1.807) is 6.20 Å². The molecule has 0 bridgehead atoms. The van der Waals surface area contributed by atoms with Crippen LogP contribution in [0.5, 0.6) is 0 Å². The predicted octanol–water partition coefficient (Wildman–Crippen LogP) is 4.49. The number of anilines is 4. The van der Waals surface area contributed by atoms with Crippen molar-refractivity contribution in [1.82, 2.24) is 4.98 Å². The van der Waals surface area contributed by atoms with E-state index in [0.717, 1.165) is 41.5 Å². The molecule has 9 heteroatoms. The SMILES string of the molecule is O=C([C@H]1CC[C@@H](O[C@H]2CC2(F)F)CC1)N1Cc2cccnc2Nc2ccc(N3CCOCC3)cc21. The van der Waals surface area contributed by atoms with Gasteiger partial charge in [0.15, 0.2) is 0 Å². The Balaban J connectivity index is 1.24. The molecule has 2 aromatic rings. The van der Waals surface area contributed by atoms with Gasteiger partial charge < -0.3 is 24.6 Å². The van der Waals surface area contributed by atoms with Gasteiger partial charge in [0, 0.05) is 42.9 Å². The van der Waals surface area contributed by atoms with Crippen LogP contribution >= 0.6 is 0 Å². The van der Waals surface area contributed by atoms with Crippen LogP contribution in [-0.2, 0) is 20.8 Å². The zero-order valence-electron chi connectivity index (χ0n) is 19.6. The number of morpholine rings is 1. The molecule has 3 heterocycles. The average molecular weight is 485 g/mol. The Morgan fingerprint density at radius 2 is 1.91 bits per heavy atom. The molecule has 186 valence electrons. The number of carbonyl (C=O) groups excluding carboxylic acids is 1. The van der Waals surface area contributed by atoms with Crippen LogP contribution in [-0.4, -0.2) is 55.3 Å². The summed E-state index contributed by atoms with van der Waals surface area (Å²) in [5.74, 6) is -2.01. The highest BCUT2D eigenvalue weighted by Gasteiger charge is 2.59. The van der Waals surface area contributed by atoms with E-state index >= 15 is 0 Å². The first-order chi connectivity index (χ1) is 17.0. The van der Waals surface area contributed by atoms with E-state index < -0.39 is 12.0 Å². The van der Waals surface area contributed by atoms with E-state index in [1.165, 1.54) is 0 Å². The van der Waals surface area contributed by atoms with Crippen molar-refractivity contribution in [3.63, 3.8) is 0 Å². The number of amides is 1.